The lowest BCUT2D eigenvalue weighted by Crippen LogP contribution is -2.55. The molecule has 2 unspecified atom stereocenters. The summed E-state index contributed by atoms with van der Waals surface area (Å²) < 4.78 is 10.5. The van der Waals surface area contributed by atoms with E-state index in [0.717, 1.165) is 87.9 Å². The first-order valence-corrected chi connectivity index (χ1v) is 19.8. The lowest BCUT2D eigenvalue weighted by Gasteiger charge is -2.45. The van der Waals surface area contributed by atoms with Gasteiger partial charge in [0.15, 0.2) is 0 Å². The highest BCUT2D eigenvalue weighted by molar-refractivity contribution is 8.00. The zero-order valence-electron chi connectivity index (χ0n) is 29.9. The maximum atomic E-state index is 14.6. The third-order valence-corrected chi connectivity index (χ3v) is 13.4. The minimum absolute atomic E-state index is 0.00343. The number of carbonyl (C=O) groups is 4. The number of unbranched alkanes of at least 4 members (excludes halogenated alkanes) is 4. The van der Waals surface area contributed by atoms with Crippen molar-refractivity contribution in [3.63, 3.8) is 0 Å². The zero-order chi connectivity index (χ0) is 35.3. The van der Waals surface area contributed by atoms with Gasteiger partial charge in [0.2, 0.25) is 11.8 Å². The lowest BCUT2D eigenvalue weighted by molar-refractivity contribution is -0.137. The first-order valence-electron chi connectivity index (χ1n) is 18.7. The molecule has 7 atom stereocenters. The van der Waals surface area contributed by atoms with E-state index in [1.165, 1.54) is 7.11 Å². The molecule has 1 spiro atoms. The van der Waals surface area contributed by atoms with Gasteiger partial charge in [0.1, 0.15) is 0 Å². The summed E-state index contributed by atoms with van der Waals surface area (Å²) in [6, 6.07) is 8.72. The van der Waals surface area contributed by atoms with Gasteiger partial charge in [-0.05, 0) is 68.5 Å². The molecule has 1 aromatic carbocycles. The van der Waals surface area contributed by atoms with Gasteiger partial charge in [-0.3, -0.25) is 14.5 Å². The SMILES string of the molecule is CC[C@H]1CN2CC[C@]3(C(=O)N(CCCCCCNC(=O)CCCC[C@@H]4SCC5NC(=O)NC54)c4ccccc43)[C@@H]2C[C@@H]1/C(=C\OC)C(=O)OC. The molecule has 11 nitrogen and oxygen atoms in total. The van der Waals surface area contributed by atoms with Crippen molar-refractivity contribution in [3.05, 3.63) is 41.7 Å². The molecule has 0 aliphatic carbocycles. The largest absolute Gasteiger partial charge is 0.504 e. The molecule has 4 amide bonds. The summed E-state index contributed by atoms with van der Waals surface area (Å²) in [6.45, 7) is 5.23. The summed E-state index contributed by atoms with van der Waals surface area (Å²) in [7, 11) is 2.97. The summed E-state index contributed by atoms with van der Waals surface area (Å²) in [5.41, 5.74) is 2.09. The molecule has 0 aromatic heterocycles. The van der Waals surface area contributed by atoms with Crippen molar-refractivity contribution in [2.45, 2.75) is 106 Å². The number of benzene rings is 1. The molecule has 0 radical (unpaired) electrons. The number of nitrogens with zero attached hydrogens (tertiary/aromatic N) is 2. The van der Waals surface area contributed by atoms with Crippen molar-refractivity contribution in [1.29, 1.82) is 0 Å². The highest BCUT2D eigenvalue weighted by Gasteiger charge is 2.62. The number of nitrogens with one attached hydrogen (secondary N) is 3. The fraction of sp³-hybridized carbons (Fsp3) is 0.684. The van der Waals surface area contributed by atoms with E-state index in [9.17, 15) is 19.2 Å². The Morgan fingerprint density at radius 3 is 2.70 bits per heavy atom. The molecule has 5 aliphatic heterocycles. The van der Waals surface area contributed by atoms with Crippen LogP contribution in [0.25, 0.3) is 0 Å². The van der Waals surface area contributed by atoms with Crippen LogP contribution in [0.3, 0.4) is 0 Å². The number of ether oxygens (including phenoxy) is 2. The van der Waals surface area contributed by atoms with E-state index in [-0.39, 0.29) is 53.8 Å². The summed E-state index contributed by atoms with van der Waals surface area (Å²) in [4.78, 5) is 55.9. The van der Waals surface area contributed by atoms with Crippen molar-refractivity contribution in [2.24, 2.45) is 11.8 Å². The number of carbonyl (C=O) groups excluding carboxylic acids is 4. The van der Waals surface area contributed by atoms with Crippen LogP contribution in [0.15, 0.2) is 36.1 Å². The minimum atomic E-state index is -0.617. The van der Waals surface area contributed by atoms with Crippen LogP contribution in [-0.4, -0.2) is 98.2 Å². The lowest BCUT2D eigenvalue weighted by atomic mass is 9.67. The van der Waals surface area contributed by atoms with Gasteiger partial charge in [0.25, 0.3) is 0 Å². The number of hydrogen-bond acceptors (Lipinski definition) is 8. The molecule has 4 saturated heterocycles. The van der Waals surface area contributed by atoms with Crippen LogP contribution in [0.5, 0.6) is 0 Å². The number of urea groups is 1. The number of piperidine rings is 1. The maximum Gasteiger partial charge on any atom is 0.337 e. The van der Waals surface area contributed by atoms with Crippen LogP contribution in [0, 0.1) is 11.8 Å². The average molecular weight is 710 g/mol. The highest BCUT2D eigenvalue weighted by atomic mass is 32.2. The van der Waals surface area contributed by atoms with Crippen LogP contribution < -0.4 is 20.9 Å². The van der Waals surface area contributed by atoms with E-state index in [0.29, 0.717) is 36.8 Å². The van der Waals surface area contributed by atoms with Gasteiger partial charge >= 0.3 is 12.0 Å². The van der Waals surface area contributed by atoms with E-state index in [1.54, 1.807) is 13.4 Å². The van der Waals surface area contributed by atoms with Crippen LogP contribution in [-0.2, 0) is 29.3 Å². The number of esters is 1. The van der Waals surface area contributed by atoms with Crippen LogP contribution in [0.4, 0.5) is 10.5 Å². The predicted molar refractivity (Wildman–Crippen MR) is 195 cm³/mol. The van der Waals surface area contributed by atoms with Crippen LogP contribution >= 0.6 is 11.8 Å². The van der Waals surface area contributed by atoms with Gasteiger partial charge in [0, 0.05) is 48.8 Å². The van der Waals surface area contributed by atoms with Crippen LogP contribution in [0.1, 0.15) is 83.1 Å². The minimum Gasteiger partial charge on any atom is -0.504 e. The van der Waals surface area contributed by atoms with E-state index in [1.807, 2.05) is 28.8 Å². The predicted octanol–water partition coefficient (Wildman–Crippen LogP) is 4.50. The van der Waals surface area contributed by atoms with Crippen LogP contribution in [0.2, 0.25) is 0 Å². The van der Waals surface area contributed by atoms with Crippen molar-refractivity contribution in [1.82, 2.24) is 20.9 Å². The number of fused-ring (bicyclic) bond motifs is 5. The van der Waals surface area contributed by atoms with Crippen molar-refractivity contribution in [3.8, 4) is 0 Å². The van der Waals surface area contributed by atoms with Gasteiger partial charge in [-0.25, -0.2) is 9.59 Å². The molecular formula is C38H55N5O6S. The van der Waals surface area contributed by atoms with E-state index >= 15 is 0 Å². The Labute approximate surface area is 301 Å². The zero-order valence-corrected chi connectivity index (χ0v) is 30.7. The van der Waals surface area contributed by atoms with E-state index in [2.05, 4.69) is 39.9 Å². The second kappa shape index (κ2) is 16.4. The van der Waals surface area contributed by atoms with E-state index < -0.39 is 5.41 Å². The normalized spacial score (nSPS) is 30.1. The number of hydrogen-bond donors (Lipinski definition) is 3. The Bertz CT molecular complexity index is 1440. The second-order valence-corrected chi connectivity index (χ2v) is 15.9. The Morgan fingerprint density at radius 1 is 1.08 bits per heavy atom. The summed E-state index contributed by atoms with van der Waals surface area (Å²) in [5, 5.41) is 9.53. The fourth-order valence-corrected chi connectivity index (χ4v) is 10.9. The number of amides is 4. The number of para-hydroxylation sites is 1. The molecule has 1 aromatic rings. The Balaban J connectivity index is 0.959. The summed E-state index contributed by atoms with van der Waals surface area (Å²) >= 11 is 1.92. The molecule has 3 N–H and O–H groups in total. The molecule has 0 saturated carbocycles. The standard InChI is InChI=1S/C38H55N5O6S/c1-4-25-22-42-20-17-38(32(42)21-26(25)27(23-48-2)35(45)49-3)28-13-7-8-14-30(28)43(36(38)46)19-12-6-5-11-18-39-33(44)16-10-9-15-31-34-29(24-50-31)40-37(47)41-34/h7-8,13-14,23,25-26,29,31-32,34H,4-6,9-12,15-22,24H2,1-3H3,(H,39,44)(H2,40,41,47)/b27-23+/t25-,26-,29?,31-,32-,34?,38+/m0/s1. The smallest absolute Gasteiger partial charge is 0.337 e. The maximum absolute atomic E-state index is 14.6. The molecule has 5 aliphatic rings. The molecule has 4 fully saturated rings. The van der Waals surface area contributed by atoms with Gasteiger partial charge < -0.3 is 30.3 Å². The molecule has 5 heterocycles. The molecule has 50 heavy (non-hydrogen) atoms. The molecule has 6 rings (SSSR count). The number of thioether (sulfide) groups is 1. The van der Waals surface area contributed by atoms with Gasteiger partial charge in [0.05, 0.1) is 43.6 Å². The van der Waals surface area contributed by atoms with Crippen molar-refractivity contribution >= 4 is 41.3 Å². The molecule has 274 valence electrons. The first-order chi connectivity index (χ1) is 24.3. The van der Waals surface area contributed by atoms with Crippen molar-refractivity contribution in [2.75, 3.05) is 51.1 Å². The third-order valence-electron chi connectivity index (χ3n) is 11.9. The second-order valence-electron chi connectivity index (χ2n) is 14.6. The van der Waals surface area contributed by atoms with E-state index in [4.69, 9.17) is 9.47 Å². The first kappa shape index (κ1) is 36.5. The number of rotatable bonds is 16. The Kier molecular flexibility index (Phi) is 12.0. The summed E-state index contributed by atoms with van der Waals surface area (Å²) in [5.74, 6) is 1.14. The number of anilines is 1. The number of methoxy groups -OCH3 is 2. The highest BCUT2D eigenvalue weighted by Crippen LogP contribution is 2.55. The molecule has 12 heteroatoms. The monoisotopic (exact) mass is 709 g/mol. The quantitative estimate of drug-likeness (QED) is 0.0753. The third kappa shape index (κ3) is 7.24. The molecule has 0 bridgehead atoms. The van der Waals surface area contributed by atoms with Gasteiger partial charge in [-0.2, -0.15) is 11.8 Å². The Hall–Kier alpha value is -3.25. The fourth-order valence-electron chi connectivity index (χ4n) is 9.39. The topological polar surface area (TPSA) is 129 Å². The van der Waals surface area contributed by atoms with Crippen molar-refractivity contribution < 1.29 is 28.7 Å². The van der Waals surface area contributed by atoms with Gasteiger partial charge in [-0.15, -0.1) is 0 Å². The molecular weight excluding hydrogens is 655 g/mol. The average Bonchev–Trinajstić information content (AvgIpc) is 3.86. The Morgan fingerprint density at radius 2 is 1.90 bits per heavy atom. The summed E-state index contributed by atoms with van der Waals surface area (Å²) in [6.07, 6.45) is 11.2. The van der Waals surface area contributed by atoms with Gasteiger partial charge in [-0.1, -0.05) is 50.8 Å².